The summed E-state index contributed by atoms with van der Waals surface area (Å²) in [5.74, 6) is -0.698. The third kappa shape index (κ3) is 4.04. The Morgan fingerprint density at radius 1 is 1.08 bits per heavy atom. The SMILES string of the molecule is CCCCC1CCC2CC(c3c(F)cc(C(=O)O)cc3F)CCC2C1. The Labute approximate surface area is 148 Å². The Bertz CT molecular complexity index is 605. The van der Waals surface area contributed by atoms with Crippen molar-refractivity contribution in [2.45, 2.75) is 70.6 Å². The van der Waals surface area contributed by atoms with E-state index in [4.69, 9.17) is 5.11 Å². The predicted octanol–water partition coefficient (Wildman–Crippen LogP) is 6.15. The Kier molecular flexibility index (Phi) is 5.75. The number of hydrogen-bond acceptors (Lipinski definition) is 1. The molecule has 2 aliphatic rings. The average Bonchev–Trinajstić information content (AvgIpc) is 2.59. The first-order chi connectivity index (χ1) is 12.0. The fraction of sp³-hybridized carbons (Fsp3) is 0.667. The van der Waals surface area contributed by atoms with E-state index in [1.165, 1.54) is 38.5 Å². The first-order valence-electron chi connectivity index (χ1n) is 9.71. The van der Waals surface area contributed by atoms with Gasteiger partial charge in [0, 0.05) is 5.56 Å². The fourth-order valence-corrected chi connectivity index (χ4v) is 5.10. The summed E-state index contributed by atoms with van der Waals surface area (Å²) in [7, 11) is 0. The summed E-state index contributed by atoms with van der Waals surface area (Å²) in [6, 6.07) is 1.93. The minimum atomic E-state index is -1.29. The van der Waals surface area contributed by atoms with Crippen LogP contribution in [-0.4, -0.2) is 11.1 Å². The van der Waals surface area contributed by atoms with Crippen LogP contribution >= 0.6 is 0 Å². The third-order valence-electron chi connectivity index (χ3n) is 6.42. The van der Waals surface area contributed by atoms with Crippen LogP contribution in [0.2, 0.25) is 0 Å². The zero-order chi connectivity index (χ0) is 18.0. The molecule has 0 aliphatic heterocycles. The molecule has 2 nitrogen and oxygen atoms in total. The maximum atomic E-state index is 14.4. The molecule has 138 valence electrons. The van der Waals surface area contributed by atoms with Crippen molar-refractivity contribution in [3.63, 3.8) is 0 Å². The minimum Gasteiger partial charge on any atom is -0.478 e. The number of benzene rings is 1. The van der Waals surface area contributed by atoms with Gasteiger partial charge in [-0.15, -0.1) is 0 Å². The summed E-state index contributed by atoms with van der Waals surface area (Å²) in [5, 5.41) is 8.94. The highest BCUT2D eigenvalue weighted by atomic mass is 19.1. The van der Waals surface area contributed by atoms with Crippen LogP contribution in [0.4, 0.5) is 8.78 Å². The van der Waals surface area contributed by atoms with Gasteiger partial charge in [-0.3, -0.25) is 0 Å². The van der Waals surface area contributed by atoms with Gasteiger partial charge in [0.2, 0.25) is 0 Å². The van der Waals surface area contributed by atoms with Crippen molar-refractivity contribution in [3.05, 3.63) is 34.9 Å². The smallest absolute Gasteiger partial charge is 0.335 e. The lowest BCUT2D eigenvalue weighted by Gasteiger charge is -2.42. The molecule has 3 rings (SSSR count). The van der Waals surface area contributed by atoms with Gasteiger partial charge in [0.25, 0.3) is 0 Å². The molecule has 4 heteroatoms. The molecular weight excluding hydrogens is 322 g/mol. The molecule has 1 aromatic carbocycles. The summed E-state index contributed by atoms with van der Waals surface area (Å²) in [6.07, 6.45) is 10.3. The van der Waals surface area contributed by atoms with Crippen LogP contribution in [0.5, 0.6) is 0 Å². The summed E-state index contributed by atoms with van der Waals surface area (Å²) in [6.45, 7) is 2.23. The summed E-state index contributed by atoms with van der Waals surface area (Å²) < 4.78 is 28.8. The van der Waals surface area contributed by atoms with Gasteiger partial charge < -0.3 is 5.11 Å². The molecular formula is C21H28F2O2. The van der Waals surface area contributed by atoms with E-state index < -0.39 is 17.6 Å². The number of carboxylic acids is 1. The summed E-state index contributed by atoms with van der Waals surface area (Å²) in [5.41, 5.74) is -0.208. The Morgan fingerprint density at radius 2 is 1.72 bits per heavy atom. The molecule has 2 saturated carbocycles. The predicted molar refractivity (Wildman–Crippen MR) is 93.8 cm³/mol. The van der Waals surface area contributed by atoms with Crippen LogP contribution in [0.25, 0.3) is 0 Å². The lowest BCUT2D eigenvalue weighted by atomic mass is 9.63. The quantitative estimate of drug-likeness (QED) is 0.691. The van der Waals surface area contributed by atoms with Crippen molar-refractivity contribution in [2.24, 2.45) is 17.8 Å². The Hall–Kier alpha value is -1.45. The van der Waals surface area contributed by atoms with Crippen molar-refractivity contribution in [1.29, 1.82) is 0 Å². The molecule has 4 atom stereocenters. The summed E-state index contributed by atoms with van der Waals surface area (Å²) in [4.78, 5) is 11.0. The van der Waals surface area contributed by atoms with E-state index in [0.29, 0.717) is 11.8 Å². The molecule has 0 radical (unpaired) electrons. The van der Waals surface area contributed by atoms with E-state index >= 15 is 0 Å². The molecule has 2 fully saturated rings. The van der Waals surface area contributed by atoms with Crippen molar-refractivity contribution in [2.75, 3.05) is 0 Å². The van der Waals surface area contributed by atoms with Gasteiger partial charge in [-0.1, -0.05) is 32.6 Å². The van der Waals surface area contributed by atoms with Gasteiger partial charge >= 0.3 is 5.97 Å². The summed E-state index contributed by atoms with van der Waals surface area (Å²) >= 11 is 0. The molecule has 0 heterocycles. The minimum absolute atomic E-state index is 0.108. The maximum absolute atomic E-state index is 14.4. The largest absolute Gasteiger partial charge is 0.478 e. The van der Waals surface area contributed by atoms with Crippen molar-refractivity contribution < 1.29 is 18.7 Å². The van der Waals surface area contributed by atoms with Crippen LogP contribution in [0.15, 0.2) is 12.1 Å². The number of carboxylic acid groups (broad SMARTS) is 1. The zero-order valence-electron chi connectivity index (χ0n) is 14.9. The van der Waals surface area contributed by atoms with E-state index in [1.807, 2.05) is 0 Å². The van der Waals surface area contributed by atoms with Gasteiger partial charge in [-0.2, -0.15) is 0 Å². The molecule has 1 N–H and O–H groups in total. The molecule has 0 saturated heterocycles. The molecule has 25 heavy (non-hydrogen) atoms. The van der Waals surface area contributed by atoms with E-state index in [0.717, 1.165) is 37.3 Å². The number of hydrogen-bond donors (Lipinski definition) is 1. The first kappa shape index (κ1) is 18.3. The van der Waals surface area contributed by atoms with E-state index in [-0.39, 0.29) is 17.0 Å². The van der Waals surface area contributed by atoms with E-state index in [1.54, 1.807) is 0 Å². The number of fused-ring (bicyclic) bond motifs is 1. The van der Waals surface area contributed by atoms with Crippen LogP contribution in [0, 0.1) is 29.4 Å². The lowest BCUT2D eigenvalue weighted by molar-refractivity contribution is 0.0695. The monoisotopic (exact) mass is 350 g/mol. The Balaban J connectivity index is 1.69. The molecule has 0 amide bonds. The highest BCUT2D eigenvalue weighted by Crippen LogP contribution is 2.49. The number of unbranched alkanes of at least 4 members (excludes halogenated alkanes) is 1. The van der Waals surface area contributed by atoms with Gasteiger partial charge in [0.05, 0.1) is 5.56 Å². The highest BCUT2D eigenvalue weighted by Gasteiger charge is 2.37. The molecule has 0 aromatic heterocycles. The first-order valence-corrected chi connectivity index (χ1v) is 9.71. The number of carbonyl (C=O) groups is 1. The van der Waals surface area contributed by atoms with Gasteiger partial charge in [-0.25, -0.2) is 13.6 Å². The van der Waals surface area contributed by atoms with Gasteiger partial charge in [0.15, 0.2) is 0 Å². The Morgan fingerprint density at radius 3 is 2.36 bits per heavy atom. The average molecular weight is 350 g/mol. The maximum Gasteiger partial charge on any atom is 0.335 e. The molecule has 1 aromatic rings. The number of halogens is 2. The third-order valence-corrected chi connectivity index (χ3v) is 6.42. The lowest BCUT2D eigenvalue weighted by Crippen LogP contribution is -2.31. The van der Waals surface area contributed by atoms with Crippen LogP contribution in [-0.2, 0) is 0 Å². The second-order valence-electron chi connectivity index (χ2n) is 8.01. The van der Waals surface area contributed by atoms with Crippen molar-refractivity contribution in [3.8, 4) is 0 Å². The molecule has 2 aliphatic carbocycles. The standard InChI is InChI=1S/C21H28F2O2/c1-2-3-4-13-5-6-15-10-16(8-7-14(15)9-13)20-18(22)11-17(21(24)25)12-19(20)23/h11-16H,2-10H2,1H3,(H,24,25). The van der Waals surface area contributed by atoms with E-state index in [9.17, 15) is 13.6 Å². The number of aromatic carboxylic acids is 1. The second-order valence-corrected chi connectivity index (χ2v) is 8.01. The topological polar surface area (TPSA) is 37.3 Å². The van der Waals surface area contributed by atoms with Gasteiger partial charge in [-0.05, 0) is 67.9 Å². The molecule has 0 bridgehead atoms. The van der Waals surface area contributed by atoms with E-state index in [2.05, 4.69) is 6.92 Å². The van der Waals surface area contributed by atoms with Crippen molar-refractivity contribution >= 4 is 5.97 Å². The molecule has 0 spiro atoms. The highest BCUT2D eigenvalue weighted by molar-refractivity contribution is 5.87. The van der Waals surface area contributed by atoms with Crippen molar-refractivity contribution in [1.82, 2.24) is 0 Å². The number of rotatable bonds is 5. The van der Waals surface area contributed by atoms with Gasteiger partial charge in [0.1, 0.15) is 11.6 Å². The van der Waals surface area contributed by atoms with Crippen LogP contribution in [0.3, 0.4) is 0 Å². The van der Waals surface area contributed by atoms with Crippen LogP contribution in [0.1, 0.15) is 86.6 Å². The zero-order valence-corrected chi connectivity index (χ0v) is 14.9. The van der Waals surface area contributed by atoms with Crippen LogP contribution < -0.4 is 0 Å². The normalized spacial score (nSPS) is 29.2. The molecule has 4 unspecified atom stereocenters. The fourth-order valence-electron chi connectivity index (χ4n) is 5.10. The second kappa shape index (κ2) is 7.84.